The Labute approximate surface area is 223 Å². The van der Waals surface area contributed by atoms with Crippen LogP contribution in [0.5, 0.6) is 11.5 Å². The van der Waals surface area contributed by atoms with Crippen molar-refractivity contribution in [3.05, 3.63) is 60.3 Å². The van der Waals surface area contributed by atoms with Gasteiger partial charge in [0.25, 0.3) is 0 Å². The lowest BCUT2D eigenvalue weighted by Crippen LogP contribution is -2.46. The summed E-state index contributed by atoms with van der Waals surface area (Å²) < 4.78 is 10.6. The second-order valence-electron chi connectivity index (χ2n) is 9.62. The molecule has 38 heavy (non-hydrogen) atoms. The van der Waals surface area contributed by atoms with E-state index in [1.54, 1.807) is 53.3 Å². The van der Waals surface area contributed by atoms with Crippen molar-refractivity contribution in [3.63, 3.8) is 0 Å². The zero-order valence-corrected chi connectivity index (χ0v) is 22.4. The van der Waals surface area contributed by atoms with Crippen LogP contribution in [-0.2, 0) is 11.2 Å². The van der Waals surface area contributed by atoms with Gasteiger partial charge in [0.1, 0.15) is 0 Å². The maximum atomic E-state index is 12.5. The van der Waals surface area contributed by atoms with Gasteiger partial charge in [0.15, 0.2) is 11.5 Å². The van der Waals surface area contributed by atoms with E-state index >= 15 is 0 Å². The first kappa shape index (κ1) is 28.2. The standard InChI is InChI=1S/C28H35N5O5/c1-28(2,3)33(27(35)36)16-13-25(34)31-21-8-6-7-20(18-21)22-12-15-30-26(32-22)29-14-11-19-9-10-23(37-4)24(17-19)38-5/h6-10,12,15,17-18H,11,13-14,16H2,1-5H3,(H,31,34)(H,35,36)(H,29,30,32). The highest BCUT2D eigenvalue weighted by molar-refractivity contribution is 5.91. The lowest BCUT2D eigenvalue weighted by Gasteiger charge is -2.32. The van der Waals surface area contributed by atoms with Crippen molar-refractivity contribution in [3.8, 4) is 22.8 Å². The van der Waals surface area contributed by atoms with Crippen LogP contribution >= 0.6 is 0 Å². The summed E-state index contributed by atoms with van der Waals surface area (Å²) in [5.74, 6) is 1.60. The predicted octanol–water partition coefficient (Wildman–Crippen LogP) is 4.92. The Hall–Kier alpha value is -4.34. The maximum absolute atomic E-state index is 12.5. The van der Waals surface area contributed by atoms with Crippen LogP contribution in [0.2, 0.25) is 0 Å². The molecule has 0 saturated carbocycles. The fraction of sp³-hybridized carbons (Fsp3) is 0.357. The number of nitrogens with zero attached hydrogens (tertiary/aromatic N) is 3. The topological polar surface area (TPSA) is 126 Å². The number of methoxy groups -OCH3 is 2. The van der Waals surface area contributed by atoms with E-state index in [0.29, 0.717) is 35.4 Å². The highest BCUT2D eigenvalue weighted by Gasteiger charge is 2.26. The highest BCUT2D eigenvalue weighted by atomic mass is 16.5. The molecule has 0 unspecified atom stereocenters. The van der Waals surface area contributed by atoms with E-state index in [4.69, 9.17) is 9.47 Å². The molecule has 10 nitrogen and oxygen atoms in total. The van der Waals surface area contributed by atoms with Gasteiger partial charge >= 0.3 is 6.09 Å². The third-order valence-corrected chi connectivity index (χ3v) is 5.85. The summed E-state index contributed by atoms with van der Waals surface area (Å²) >= 11 is 0. The van der Waals surface area contributed by atoms with Crippen LogP contribution in [0.15, 0.2) is 54.7 Å². The number of ether oxygens (including phenoxy) is 2. The number of nitrogens with one attached hydrogen (secondary N) is 2. The second kappa shape index (κ2) is 12.8. The van der Waals surface area contributed by atoms with E-state index in [1.165, 1.54) is 4.90 Å². The van der Waals surface area contributed by atoms with E-state index in [2.05, 4.69) is 20.6 Å². The van der Waals surface area contributed by atoms with Crippen LogP contribution in [0.3, 0.4) is 0 Å². The molecule has 0 aliphatic heterocycles. The number of carbonyl (C=O) groups excluding carboxylic acids is 1. The molecule has 3 N–H and O–H groups in total. The minimum Gasteiger partial charge on any atom is -0.493 e. The maximum Gasteiger partial charge on any atom is 0.407 e. The van der Waals surface area contributed by atoms with Crippen molar-refractivity contribution in [2.45, 2.75) is 39.2 Å². The summed E-state index contributed by atoms with van der Waals surface area (Å²) in [4.78, 5) is 34.2. The third kappa shape index (κ3) is 7.83. The van der Waals surface area contributed by atoms with E-state index in [1.807, 2.05) is 36.4 Å². The minimum absolute atomic E-state index is 0.0510. The van der Waals surface area contributed by atoms with Gasteiger partial charge in [-0.25, -0.2) is 14.8 Å². The Morgan fingerprint density at radius 3 is 2.47 bits per heavy atom. The second-order valence-corrected chi connectivity index (χ2v) is 9.62. The highest BCUT2D eigenvalue weighted by Crippen LogP contribution is 2.28. The summed E-state index contributed by atoms with van der Waals surface area (Å²) in [6, 6.07) is 14.9. The van der Waals surface area contributed by atoms with Gasteiger partial charge in [-0.05, 0) is 63.1 Å². The molecule has 3 aromatic rings. The van der Waals surface area contributed by atoms with Gasteiger partial charge in [0, 0.05) is 42.5 Å². The van der Waals surface area contributed by atoms with Crippen molar-refractivity contribution < 1.29 is 24.2 Å². The van der Waals surface area contributed by atoms with Gasteiger partial charge in [-0.2, -0.15) is 0 Å². The van der Waals surface area contributed by atoms with Crippen LogP contribution in [0, 0.1) is 0 Å². The van der Waals surface area contributed by atoms with Crippen molar-refractivity contribution in [1.29, 1.82) is 0 Å². The number of amides is 2. The van der Waals surface area contributed by atoms with Gasteiger partial charge in [0.05, 0.1) is 19.9 Å². The lowest BCUT2D eigenvalue weighted by molar-refractivity contribution is -0.116. The Morgan fingerprint density at radius 2 is 1.79 bits per heavy atom. The van der Waals surface area contributed by atoms with Gasteiger partial charge < -0.3 is 30.1 Å². The normalized spacial score (nSPS) is 11.0. The fourth-order valence-corrected chi connectivity index (χ4v) is 3.87. The van der Waals surface area contributed by atoms with E-state index < -0.39 is 11.6 Å². The average molecular weight is 522 g/mol. The van der Waals surface area contributed by atoms with Crippen molar-refractivity contribution in [2.75, 3.05) is 37.9 Å². The molecule has 202 valence electrons. The van der Waals surface area contributed by atoms with Crippen LogP contribution in [0.25, 0.3) is 11.3 Å². The number of hydrogen-bond donors (Lipinski definition) is 3. The van der Waals surface area contributed by atoms with Crippen molar-refractivity contribution in [2.24, 2.45) is 0 Å². The molecule has 0 atom stereocenters. The molecule has 0 radical (unpaired) electrons. The molecule has 2 amide bonds. The minimum atomic E-state index is -1.05. The number of benzene rings is 2. The molecule has 3 rings (SSSR count). The molecule has 0 bridgehead atoms. The first-order valence-corrected chi connectivity index (χ1v) is 12.3. The van der Waals surface area contributed by atoms with Crippen molar-refractivity contribution in [1.82, 2.24) is 14.9 Å². The molecule has 1 heterocycles. The van der Waals surface area contributed by atoms with Gasteiger partial charge in [0.2, 0.25) is 11.9 Å². The Morgan fingerprint density at radius 1 is 1.03 bits per heavy atom. The molecule has 0 aliphatic rings. The van der Waals surface area contributed by atoms with Crippen molar-refractivity contribution >= 4 is 23.6 Å². The van der Waals surface area contributed by atoms with Crippen LogP contribution in [0.4, 0.5) is 16.4 Å². The largest absolute Gasteiger partial charge is 0.493 e. The Balaban J connectivity index is 1.60. The zero-order valence-electron chi connectivity index (χ0n) is 22.4. The monoisotopic (exact) mass is 521 g/mol. The third-order valence-electron chi connectivity index (χ3n) is 5.85. The predicted molar refractivity (Wildman–Crippen MR) is 147 cm³/mol. The number of anilines is 2. The van der Waals surface area contributed by atoms with Crippen LogP contribution in [-0.4, -0.2) is 64.8 Å². The smallest absolute Gasteiger partial charge is 0.407 e. The number of carbonyl (C=O) groups is 2. The van der Waals surface area contributed by atoms with Gasteiger partial charge in [-0.1, -0.05) is 18.2 Å². The lowest BCUT2D eigenvalue weighted by atomic mass is 10.1. The number of hydrogen-bond acceptors (Lipinski definition) is 7. The van der Waals surface area contributed by atoms with E-state index in [0.717, 1.165) is 17.5 Å². The molecule has 0 saturated heterocycles. The molecule has 0 fully saturated rings. The summed E-state index contributed by atoms with van der Waals surface area (Å²) in [5.41, 5.74) is 2.62. The molecule has 0 aliphatic carbocycles. The summed E-state index contributed by atoms with van der Waals surface area (Å²) in [6.45, 7) is 6.11. The molecule has 1 aromatic heterocycles. The quantitative estimate of drug-likeness (QED) is 0.325. The first-order chi connectivity index (χ1) is 18.1. The number of carboxylic acid groups (broad SMARTS) is 1. The van der Waals surface area contributed by atoms with E-state index in [9.17, 15) is 14.7 Å². The molecular weight excluding hydrogens is 486 g/mol. The Bertz CT molecular complexity index is 1260. The van der Waals surface area contributed by atoms with Gasteiger partial charge in [-0.3, -0.25) is 4.79 Å². The SMILES string of the molecule is COc1ccc(CCNc2nccc(-c3cccc(NC(=O)CCN(C(=O)O)C(C)(C)C)c3)n2)cc1OC. The fourth-order valence-electron chi connectivity index (χ4n) is 3.87. The molecule has 10 heteroatoms. The summed E-state index contributed by atoms with van der Waals surface area (Å²) in [7, 11) is 3.22. The zero-order chi connectivity index (χ0) is 27.7. The summed E-state index contributed by atoms with van der Waals surface area (Å²) in [6.07, 6.45) is 1.42. The molecular formula is C28H35N5O5. The van der Waals surface area contributed by atoms with Gasteiger partial charge in [-0.15, -0.1) is 0 Å². The Kier molecular flexibility index (Phi) is 9.48. The first-order valence-electron chi connectivity index (χ1n) is 12.3. The van der Waals surface area contributed by atoms with Crippen LogP contribution < -0.4 is 20.1 Å². The van der Waals surface area contributed by atoms with Crippen LogP contribution in [0.1, 0.15) is 32.8 Å². The molecule has 0 spiro atoms. The molecule has 2 aromatic carbocycles. The number of rotatable bonds is 11. The average Bonchev–Trinajstić information content (AvgIpc) is 2.88. The summed E-state index contributed by atoms with van der Waals surface area (Å²) in [5, 5.41) is 15.5. The number of aromatic nitrogens is 2. The van der Waals surface area contributed by atoms with E-state index in [-0.39, 0.29) is 18.9 Å².